The van der Waals surface area contributed by atoms with E-state index in [4.69, 9.17) is 0 Å². The van der Waals surface area contributed by atoms with Crippen molar-refractivity contribution in [1.29, 1.82) is 0 Å². The highest BCUT2D eigenvalue weighted by molar-refractivity contribution is 6.21. The Labute approximate surface area is 216 Å². The zero-order valence-electron chi connectivity index (χ0n) is 21.4. The zero-order chi connectivity index (χ0) is 26.6. The average molecular weight is 501 g/mol. The molecule has 0 spiro atoms. The Morgan fingerprint density at radius 2 is 1.68 bits per heavy atom. The van der Waals surface area contributed by atoms with Gasteiger partial charge in [0.2, 0.25) is 0 Å². The number of Topliss-reactive ketones (excluding diaryl/α,β-unsaturated/α-hetero) is 3. The molecule has 0 heterocycles. The number of carbonyl (C=O) groups is 3. The fraction of sp³-hybridized carbons (Fsp3) is 0.387. The third-order valence-electron chi connectivity index (χ3n) is 8.63. The van der Waals surface area contributed by atoms with Gasteiger partial charge in [-0.05, 0) is 85.8 Å². The molecular weight excluding hydrogens is 468 g/mol. The van der Waals surface area contributed by atoms with Crippen molar-refractivity contribution < 1.29 is 29.7 Å². The third-order valence-corrected chi connectivity index (χ3v) is 8.63. The Morgan fingerprint density at radius 3 is 2.32 bits per heavy atom. The van der Waals surface area contributed by atoms with E-state index in [2.05, 4.69) is 31.2 Å². The number of aromatic hydroxyl groups is 1. The van der Waals surface area contributed by atoms with Gasteiger partial charge in [0.25, 0.3) is 0 Å². The Bertz CT molecular complexity index is 1390. The number of ketones is 3. The number of phenolic OH excluding ortho intramolecular Hbond substituents is 1. The normalized spacial score (nSPS) is 25.1. The van der Waals surface area contributed by atoms with Gasteiger partial charge in [-0.2, -0.15) is 0 Å². The lowest BCUT2D eigenvalue weighted by Crippen LogP contribution is -2.52. The number of rotatable bonds is 5. The van der Waals surface area contributed by atoms with Gasteiger partial charge < -0.3 is 15.3 Å². The summed E-state index contributed by atoms with van der Waals surface area (Å²) >= 11 is 0. The van der Waals surface area contributed by atoms with Gasteiger partial charge >= 0.3 is 0 Å². The predicted octanol–water partition coefficient (Wildman–Crippen LogP) is 4.54. The Kier molecular flexibility index (Phi) is 6.19. The van der Waals surface area contributed by atoms with E-state index in [0.29, 0.717) is 24.8 Å². The number of fused-ring (bicyclic) bond motifs is 3. The molecule has 3 aliphatic carbocycles. The van der Waals surface area contributed by atoms with E-state index < -0.39 is 34.4 Å². The van der Waals surface area contributed by atoms with Crippen molar-refractivity contribution in [2.75, 3.05) is 0 Å². The summed E-state index contributed by atoms with van der Waals surface area (Å²) in [5.41, 5.74) is 2.81. The second-order valence-corrected chi connectivity index (χ2v) is 10.6. The monoisotopic (exact) mass is 500 g/mol. The van der Waals surface area contributed by atoms with Crippen molar-refractivity contribution in [3.8, 4) is 5.75 Å². The minimum Gasteiger partial charge on any atom is -0.508 e. The molecule has 3 N–H and O–H groups in total. The maximum atomic E-state index is 13.8. The predicted molar refractivity (Wildman–Crippen MR) is 139 cm³/mol. The first-order valence-electron chi connectivity index (χ1n) is 13.0. The molecule has 0 aromatic heterocycles. The average Bonchev–Trinajstić information content (AvgIpc) is 2.86. The van der Waals surface area contributed by atoms with E-state index in [1.807, 2.05) is 6.07 Å². The van der Waals surface area contributed by atoms with Crippen LogP contribution in [0, 0.1) is 11.8 Å². The second-order valence-electron chi connectivity index (χ2n) is 10.6. The number of carbonyl (C=O) groups excluding carboxylic acids is 3. The summed E-state index contributed by atoms with van der Waals surface area (Å²) < 4.78 is 0. The molecule has 0 unspecified atom stereocenters. The van der Waals surface area contributed by atoms with Gasteiger partial charge in [-0.1, -0.05) is 37.3 Å². The molecule has 0 bridgehead atoms. The van der Waals surface area contributed by atoms with Crippen molar-refractivity contribution in [2.45, 2.75) is 64.9 Å². The molecule has 6 heteroatoms. The van der Waals surface area contributed by atoms with Gasteiger partial charge in [-0.15, -0.1) is 0 Å². The van der Waals surface area contributed by atoms with Gasteiger partial charge in [0, 0.05) is 17.9 Å². The lowest BCUT2D eigenvalue weighted by atomic mass is 9.58. The van der Waals surface area contributed by atoms with Gasteiger partial charge in [-0.25, -0.2) is 0 Å². The molecule has 5 rings (SSSR count). The van der Waals surface area contributed by atoms with Gasteiger partial charge in [0.1, 0.15) is 22.7 Å². The van der Waals surface area contributed by atoms with E-state index in [1.165, 1.54) is 18.1 Å². The standard InChI is InChI=1S/C31H32O6/c1-4-18-5-7-19(8-6-18)9-10-20-11-12-24(33)28-23(20)14-21-13-22-15-25(34)27(17(3)32)30(36)31(22,37)16(2)26(21)29(28)35/h5-8,11-12,21-22,33,36-37H,4,9-10,13-15H2,1-3H3/t21-,22+,31-/m1/s1. The maximum absolute atomic E-state index is 13.8. The lowest BCUT2D eigenvalue weighted by Gasteiger charge is -2.48. The SMILES string of the molecule is CCc1ccc(CCc2ccc(O)c3c2C[C@H]2C[C@H]4CC(=O)C(C(C)=O)=C(O)[C@@]4(O)C(C)=C2C3=O)cc1. The number of hydrogen-bond acceptors (Lipinski definition) is 6. The molecule has 0 amide bonds. The van der Waals surface area contributed by atoms with Crippen molar-refractivity contribution in [2.24, 2.45) is 11.8 Å². The number of allylic oxidation sites excluding steroid dienone is 2. The highest BCUT2D eigenvalue weighted by Crippen LogP contribution is 2.53. The summed E-state index contributed by atoms with van der Waals surface area (Å²) in [5, 5.41) is 33.3. The van der Waals surface area contributed by atoms with Crippen LogP contribution in [-0.2, 0) is 35.3 Å². The maximum Gasteiger partial charge on any atom is 0.193 e. The van der Waals surface area contributed by atoms with Crippen molar-refractivity contribution in [3.63, 3.8) is 0 Å². The molecule has 6 nitrogen and oxygen atoms in total. The summed E-state index contributed by atoms with van der Waals surface area (Å²) in [6, 6.07) is 11.9. The van der Waals surface area contributed by atoms with E-state index in [1.54, 1.807) is 13.0 Å². The fourth-order valence-electron chi connectivity index (χ4n) is 6.61. The molecular formula is C31H32O6. The zero-order valence-corrected chi connectivity index (χ0v) is 21.4. The Morgan fingerprint density at radius 1 is 1.00 bits per heavy atom. The molecule has 2 aromatic rings. The first-order valence-corrected chi connectivity index (χ1v) is 13.0. The van der Waals surface area contributed by atoms with Crippen LogP contribution in [0.25, 0.3) is 0 Å². The Balaban J connectivity index is 1.55. The van der Waals surface area contributed by atoms with Gasteiger partial charge in [-0.3, -0.25) is 14.4 Å². The summed E-state index contributed by atoms with van der Waals surface area (Å²) in [6.45, 7) is 4.89. The molecule has 0 saturated heterocycles. The highest BCUT2D eigenvalue weighted by Gasteiger charge is 2.56. The van der Waals surface area contributed by atoms with Crippen LogP contribution in [-0.4, -0.2) is 38.3 Å². The second kappa shape index (κ2) is 9.10. The van der Waals surface area contributed by atoms with E-state index in [-0.39, 0.29) is 35.0 Å². The van der Waals surface area contributed by atoms with Crippen molar-refractivity contribution >= 4 is 17.3 Å². The molecule has 3 atom stereocenters. The molecule has 0 aliphatic heterocycles. The van der Waals surface area contributed by atoms with Gasteiger partial charge in [0.05, 0.1) is 5.56 Å². The van der Waals surface area contributed by atoms with Crippen LogP contribution in [0.3, 0.4) is 0 Å². The van der Waals surface area contributed by atoms with Crippen LogP contribution < -0.4 is 0 Å². The van der Waals surface area contributed by atoms with E-state index in [9.17, 15) is 29.7 Å². The highest BCUT2D eigenvalue weighted by atomic mass is 16.3. The first kappa shape index (κ1) is 25.2. The number of benzene rings is 2. The fourth-order valence-corrected chi connectivity index (χ4v) is 6.61. The minimum absolute atomic E-state index is 0.0711. The third kappa shape index (κ3) is 3.86. The summed E-state index contributed by atoms with van der Waals surface area (Å²) in [6.07, 6.45) is 3.24. The van der Waals surface area contributed by atoms with Crippen LogP contribution in [0.5, 0.6) is 5.75 Å². The number of aliphatic hydroxyl groups is 2. The topological polar surface area (TPSA) is 112 Å². The summed E-state index contributed by atoms with van der Waals surface area (Å²) in [7, 11) is 0. The quantitative estimate of drug-likeness (QED) is 0.520. The smallest absolute Gasteiger partial charge is 0.193 e. The number of phenols is 1. The van der Waals surface area contributed by atoms with Gasteiger partial charge in [0.15, 0.2) is 17.3 Å². The molecule has 0 radical (unpaired) electrons. The van der Waals surface area contributed by atoms with Crippen molar-refractivity contribution in [1.82, 2.24) is 0 Å². The lowest BCUT2D eigenvalue weighted by molar-refractivity contribution is -0.126. The van der Waals surface area contributed by atoms with Crippen LogP contribution in [0.15, 0.2) is 58.9 Å². The van der Waals surface area contributed by atoms with Crippen LogP contribution in [0.4, 0.5) is 0 Å². The molecule has 2 aromatic carbocycles. The number of hydrogen-bond donors (Lipinski definition) is 3. The minimum atomic E-state index is -1.95. The van der Waals surface area contributed by atoms with Crippen molar-refractivity contribution in [3.05, 3.63) is 86.7 Å². The Hall–Kier alpha value is -3.51. The van der Waals surface area contributed by atoms with E-state index in [0.717, 1.165) is 24.0 Å². The largest absolute Gasteiger partial charge is 0.508 e. The van der Waals surface area contributed by atoms with Crippen LogP contribution in [0.1, 0.15) is 66.2 Å². The summed E-state index contributed by atoms with van der Waals surface area (Å²) in [4.78, 5) is 38.6. The van der Waals surface area contributed by atoms with Crippen LogP contribution in [0.2, 0.25) is 0 Å². The number of aryl methyl sites for hydroxylation is 3. The first-order chi connectivity index (χ1) is 17.6. The molecule has 3 aliphatic rings. The van der Waals surface area contributed by atoms with E-state index >= 15 is 0 Å². The summed E-state index contributed by atoms with van der Waals surface area (Å²) in [5.74, 6) is -3.11. The molecule has 37 heavy (non-hydrogen) atoms. The molecule has 0 saturated carbocycles. The molecule has 192 valence electrons. The van der Waals surface area contributed by atoms with Crippen LogP contribution >= 0.6 is 0 Å². The number of aliphatic hydroxyl groups excluding tert-OH is 1. The molecule has 0 fully saturated rings.